The van der Waals surface area contributed by atoms with Crippen LogP contribution in [-0.4, -0.2) is 19.5 Å². The molecule has 0 atom stereocenters. The van der Waals surface area contributed by atoms with E-state index in [1.807, 2.05) is 0 Å². The molecule has 2 heterocycles. The highest BCUT2D eigenvalue weighted by Gasteiger charge is 2.39. The summed E-state index contributed by atoms with van der Waals surface area (Å²) in [6, 6.07) is 26.3. The molecule has 0 N–H and O–H groups in total. The van der Waals surface area contributed by atoms with Crippen LogP contribution in [-0.2, 0) is 5.41 Å². The van der Waals surface area contributed by atoms with Crippen molar-refractivity contribution < 1.29 is 0 Å². The number of para-hydroxylation sites is 1. The van der Waals surface area contributed by atoms with Crippen molar-refractivity contribution in [1.82, 2.24) is 19.5 Å². The average molecular weight is 412 g/mol. The normalized spacial score (nSPS) is 14.2. The highest BCUT2D eigenvalue weighted by molar-refractivity contribution is 6.16. The average Bonchev–Trinajstić information content (AvgIpc) is 3.29. The summed E-state index contributed by atoms with van der Waals surface area (Å²) in [5.74, 6) is 0.643. The van der Waals surface area contributed by atoms with Gasteiger partial charge in [0.05, 0.1) is 11.0 Å². The Morgan fingerprint density at radius 2 is 1.47 bits per heavy atom. The lowest BCUT2D eigenvalue weighted by Gasteiger charge is -2.23. The lowest BCUT2D eigenvalue weighted by atomic mass is 9.80. The van der Waals surface area contributed by atoms with Crippen molar-refractivity contribution in [2.24, 2.45) is 0 Å². The predicted octanol–water partition coefficient (Wildman–Crippen LogP) is 6.43. The maximum atomic E-state index is 4.47. The van der Waals surface area contributed by atoms with Crippen LogP contribution < -0.4 is 0 Å². The van der Waals surface area contributed by atoms with E-state index >= 15 is 0 Å². The molecule has 2 aromatic heterocycles. The lowest BCUT2D eigenvalue weighted by molar-refractivity contribution is 0.667. The predicted molar refractivity (Wildman–Crippen MR) is 129 cm³/mol. The monoisotopic (exact) mass is 412 g/mol. The Kier molecular flexibility index (Phi) is 3.31. The quantitative estimate of drug-likeness (QED) is 0.313. The first-order valence-corrected chi connectivity index (χ1v) is 10.9. The standard InChI is InChI=1S/C28H20N4/c1-28(2)21-13-11-17-7-3-4-8-18(17)24(21)20-12-14-23-25(26(20)28)19-9-5-6-10-22(19)32(23)27-30-15-29-16-31-27/h3-16H,1-2H3. The Morgan fingerprint density at radius 1 is 0.719 bits per heavy atom. The number of hydrogen-bond donors (Lipinski definition) is 0. The third-order valence-corrected chi connectivity index (χ3v) is 7.01. The van der Waals surface area contributed by atoms with Crippen LogP contribution in [0.1, 0.15) is 25.0 Å². The first kappa shape index (κ1) is 17.6. The summed E-state index contributed by atoms with van der Waals surface area (Å²) < 4.78 is 2.16. The van der Waals surface area contributed by atoms with Crippen molar-refractivity contribution in [3.8, 4) is 17.1 Å². The van der Waals surface area contributed by atoms with E-state index in [2.05, 4.69) is 106 Å². The van der Waals surface area contributed by atoms with Crippen LogP contribution >= 0.6 is 0 Å². The van der Waals surface area contributed by atoms with Gasteiger partial charge in [-0.3, -0.25) is 4.57 Å². The van der Waals surface area contributed by atoms with Crippen LogP contribution in [0.4, 0.5) is 0 Å². The smallest absolute Gasteiger partial charge is 0.237 e. The number of aromatic nitrogens is 4. The first-order chi connectivity index (χ1) is 15.7. The van der Waals surface area contributed by atoms with Crippen molar-refractivity contribution in [3.05, 3.63) is 96.6 Å². The Balaban J connectivity index is 1.69. The molecule has 1 aliphatic carbocycles. The van der Waals surface area contributed by atoms with Gasteiger partial charge in [-0.25, -0.2) is 15.0 Å². The number of rotatable bonds is 1. The molecule has 0 bridgehead atoms. The summed E-state index contributed by atoms with van der Waals surface area (Å²) in [6.07, 6.45) is 3.12. The van der Waals surface area contributed by atoms with E-state index in [0.29, 0.717) is 5.95 Å². The van der Waals surface area contributed by atoms with E-state index < -0.39 is 0 Å². The Labute approximate surface area is 185 Å². The molecule has 0 fully saturated rings. The van der Waals surface area contributed by atoms with Gasteiger partial charge in [-0.05, 0) is 45.2 Å². The Bertz CT molecular complexity index is 1690. The first-order valence-electron chi connectivity index (χ1n) is 10.9. The maximum absolute atomic E-state index is 4.47. The zero-order valence-corrected chi connectivity index (χ0v) is 17.9. The van der Waals surface area contributed by atoms with E-state index in [4.69, 9.17) is 0 Å². The van der Waals surface area contributed by atoms with Crippen molar-refractivity contribution in [2.75, 3.05) is 0 Å². The number of nitrogens with zero attached hydrogens (tertiary/aromatic N) is 4. The van der Waals surface area contributed by atoms with Crippen molar-refractivity contribution in [2.45, 2.75) is 19.3 Å². The molecule has 0 aliphatic heterocycles. The van der Waals surface area contributed by atoms with E-state index in [-0.39, 0.29) is 5.41 Å². The molecular formula is C28H20N4. The van der Waals surface area contributed by atoms with E-state index in [1.165, 1.54) is 43.8 Å². The SMILES string of the molecule is CC1(C)c2ccc3ccccc3c2-c2ccc3c(c21)c1ccccc1n3-c1ncncn1. The van der Waals surface area contributed by atoms with Crippen LogP contribution in [0.25, 0.3) is 49.7 Å². The van der Waals surface area contributed by atoms with Crippen molar-refractivity contribution in [3.63, 3.8) is 0 Å². The van der Waals surface area contributed by atoms with Crippen LogP contribution in [0.15, 0.2) is 85.5 Å². The maximum Gasteiger partial charge on any atom is 0.237 e. The molecule has 1 aliphatic rings. The second kappa shape index (κ2) is 6.01. The van der Waals surface area contributed by atoms with Gasteiger partial charge in [-0.15, -0.1) is 0 Å². The summed E-state index contributed by atoms with van der Waals surface area (Å²) in [7, 11) is 0. The van der Waals surface area contributed by atoms with E-state index in [1.54, 1.807) is 12.7 Å². The van der Waals surface area contributed by atoms with Crippen LogP contribution in [0.2, 0.25) is 0 Å². The van der Waals surface area contributed by atoms with Gasteiger partial charge in [0.2, 0.25) is 5.95 Å². The fourth-order valence-corrected chi connectivity index (χ4v) is 5.70. The highest BCUT2D eigenvalue weighted by atomic mass is 15.2. The largest absolute Gasteiger partial charge is 0.278 e. The number of fused-ring (bicyclic) bond motifs is 9. The fraction of sp³-hybridized carbons (Fsp3) is 0.107. The van der Waals surface area contributed by atoms with Gasteiger partial charge in [-0.2, -0.15) is 0 Å². The summed E-state index contributed by atoms with van der Waals surface area (Å²) in [4.78, 5) is 13.0. The molecule has 0 amide bonds. The molecule has 6 aromatic rings. The number of hydrogen-bond acceptors (Lipinski definition) is 3. The van der Waals surface area contributed by atoms with Gasteiger partial charge in [0.1, 0.15) is 12.7 Å². The zero-order chi connectivity index (χ0) is 21.4. The second-order valence-electron chi connectivity index (χ2n) is 9.01. The van der Waals surface area contributed by atoms with Gasteiger partial charge in [0.15, 0.2) is 0 Å². The van der Waals surface area contributed by atoms with E-state index in [0.717, 1.165) is 11.0 Å². The molecule has 152 valence electrons. The van der Waals surface area contributed by atoms with Crippen LogP contribution in [0.3, 0.4) is 0 Å². The Morgan fingerprint density at radius 3 is 2.31 bits per heavy atom. The van der Waals surface area contributed by atoms with E-state index in [9.17, 15) is 0 Å². The molecule has 4 nitrogen and oxygen atoms in total. The minimum Gasteiger partial charge on any atom is -0.278 e. The second-order valence-corrected chi connectivity index (χ2v) is 9.01. The fourth-order valence-electron chi connectivity index (χ4n) is 5.70. The van der Waals surface area contributed by atoms with Gasteiger partial charge in [0.25, 0.3) is 0 Å². The minimum absolute atomic E-state index is 0.123. The van der Waals surface area contributed by atoms with Gasteiger partial charge < -0.3 is 0 Å². The van der Waals surface area contributed by atoms with Gasteiger partial charge in [0, 0.05) is 16.2 Å². The summed E-state index contributed by atoms with van der Waals surface area (Å²) in [6.45, 7) is 4.70. The zero-order valence-electron chi connectivity index (χ0n) is 17.9. The Hall–Kier alpha value is -4.05. The number of benzene rings is 4. The van der Waals surface area contributed by atoms with Gasteiger partial charge in [-0.1, -0.05) is 74.5 Å². The molecule has 0 unspecified atom stereocenters. The lowest BCUT2D eigenvalue weighted by Crippen LogP contribution is -2.15. The molecule has 0 saturated carbocycles. The summed E-state index contributed by atoms with van der Waals surface area (Å²) in [5.41, 5.74) is 7.57. The summed E-state index contributed by atoms with van der Waals surface area (Å²) >= 11 is 0. The molecule has 0 saturated heterocycles. The van der Waals surface area contributed by atoms with Gasteiger partial charge >= 0.3 is 0 Å². The molecular weight excluding hydrogens is 392 g/mol. The molecule has 4 aromatic carbocycles. The molecule has 0 spiro atoms. The minimum atomic E-state index is -0.123. The molecule has 0 radical (unpaired) electrons. The molecule has 7 rings (SSSR count). The summed E-state index contributed by atoms with van der Waals surface area (Å²) in [5, 5.41) is 5.11. The van der Waals surface area contributed by atoms with Crippen molar-refractivity contribution in [1.29, 1.82) is 0 Å². The van der Waals surface area contributed by atoms with Crippen LogP contribution in [0.5, 0.6) is 0 Å². The molecule has 4 heteroatoms. The molecule has 32 heavy (non-hydrogen) atoms. The van der Waals surface area contributed by atoms with Crippen LogP contribution in [0, 0.1) is 0 Å². The highest BCUT2D eigenvalue weighted by Crippen LogP contribution is 2.54. The van der Waals surface area contributed by atoms with Crippen molar-refractivity contribution >= 4 is 32.6 Å². The topological polar surface area (TPSA) is 43.6 Å². The third kappa shape index (κ3) is 2.09. The third-order valence-electron chi connectivity index (χ3n) is 7.01.